The highest BCUT2D eigenvalue weighted by molar-refractivity contribution is 6.31. The van der Waals surface area contributed by atoms with Gasteiger partial charge in [-0.25, -0.2) is 0 Å². The topological polar surface area (TPSA) is 20.3 Å². The highest BCUT2D eigenvalue weighted by Crippen LogP contribution is 2.29. The SMILES string of the molecule is C=Cc1cc(Cl)cc2c1CN(CC)C2=O. The average molecular weight is 222 g/mol. The highest BCUT2D eigenvalue weighted by Gasteiger charge is 2.27. The van der Waals surface area contributed by atoms with Gasteiger partial charge in [0.15, 0.2) is 0 Å². The molecule has 1 aliphatic heterocycles. The summed E-state index contributed by atoms with van der Waals surface area (Å²) in [5.41, 5.74) is 2.72. The lowest BCUT2D eigenvalue weighted by Gasteiger charge is -2.11. The molecule has 1 heterocycles. The van der Waals surface area contributed by atoms with E-state index >= 15 is 0 Å². The van der Waals surface area contributed by atoms with Crippen molar-refractivity contribution in [1.29, 1.82) is 0 Å². The molecule has 2 rings (SSSR count). The zero-order valence-corrected chi connectivity index (χ0v) is 9.34. The molecule has 1 aliphatic rings. The van der Waals surface area contributed by atoms with Crippen molar-refractivity contribution in [3.8, 4) is 0 Å². The fourth-order valence-corrected chi connectivity index (χ4v) is 2.12. The molecule has 1 aromatic rings. The summed E-state index contributed by atoms with van der Waals surface area (Å²) in [7, 11) is 0. The normalized spacial score (nSPS) is 14.3. The molecule has 0 atom stereocenters. The van der Waals surface area contributed by atoms with E-state index in [0.717, 1.165) is 23.2 Å². The van der Waals surface area contributed by atoms with Crippen molar-refractivity contribution in [2.24, 2.45) is 0 Å². The first-order chi connectivity index (χ1) is 7.17. The van der Waals surface area contributed by atoms with E-state index in [4.69, 9.17) is 11.6 Å². The van der Waals surface area contributed by atoms with E-state index in [9.17, 15) is 4.79 Å². The van der Waals surface area contributed by atoms with Gasteiger partial charge in [-0.2, -0.15) is 0 Å². The molecular formula is C12H12ClNO. The van der Waals surface area contributed by atoms with Gasteiger partial charge >= 0.3 is 0 Å². The average Bonchev–Trinajstić information content (AvgIpc) is 2.55. The minimum atomic E-state index is 0.0677. The van der Waals surface area contributed by atoms with E-state index in [-0.39, 0.29) is 5.91 Å². The molecule has 0 N–H and O–H groups in total. The number of benzene rings is 1. The third-order valence-corrected chi connectivity index (χ3v) is 2.94. The molecule has 2 nitrogen and oxygen atoms in total. The van der Waals surface area contributed by atoms with Crippen LogP contribution >= 0.6 is 11.6 Å². The van der Waals surface area contributed by atoms with Crippen LogP contribution in [0.25, 0.3) is 6.08 Å². The Hall–Kier alpha value is -1.28. The van der Waals surface area contributed by atoms with Crippen LogP contribution in [0.1, 0.15) is 28.4 Å². The van der Waals surface area contributed by atoms with E-state index in [1.807, 2.05) is 13.0 Å². The second kappa shape index (κ2) is 3.70. The van der Waals surface area contributed by atoms with Crippen LogP contribution in [-0.4, -0.2) is 17.4 Å². The van der Waals surface area contributed by atoms with Crippen LogP contribution in [0.2, 0.25) is 5.02 Å². The summed E-state index contributed by atoms with van der Waals surface area (Å²) in [6, 6.07) is 3.59. The first-order valence-electron chi connectivity index (χ1n) is 4.91. The summed E-state index contributed by atoms with van der Waals surface area (Å²) in [5, 5.41) is 0.593. The first-order valence-corrected chi connectivity index (χ1v) is 5.29. The number of hydrogen-bond acceptors (Lipinski definition) is 1. The van der Waals surface area contributed by atoms with Crippen LogP contribution in [0.15, 0.2) is 18.7 Å². The molecule has 1 aromatic carbocycles. The Bertz CT molecular complexity index is 439. The summed E-state index contributed by atoms with van der Waals surface area (Å²) in [5.74, 6) is 0.0677. The van der Waals surface area contributed by atoms with Crippen molar-refractivity contribution in [2.75, 3.05) is 6.54 Å². The van der Waals surface area contributed by atoms with Crippen molar-refractivity contribution in [2.45, 2.75) is 13.5 Å². The first kappa shape index (κ1) is 10.2. The molecule has 0 radical (unpaired) electrons. The predicted octanol–water partition coefficient (Wildman–Crippen LogP) is 2.96. The van der Waals surface area contributed by atoms with Crippen LogP contribution in [0.5, 0.6) is 0 Å². The Labute approximate surface area is 94.2 Å². The lowest BCUT2D eigenvalue weighted by atomic mass is 10.0. The van der Waals surface area contributed by atoms with Crippen LogP contribution in [0, 0.1) is 0 Å². The molecule has 78 valence electrons. The standard InChI is InChI=1S/C12H12ClNO/c1-3-8-5-9(13)6-10-11(8)7-14(4-2)12(10)15/h3,5-6H,1,4,7H2,2H3. The van der Waals surface area contributed by atoms with E-state index in [0.29, 0.717) is 11.6 Å². The molecule has 0 unspecified atom stereocenters. The van der Waals surface area contributed by atoms with Gasteiger partial charge in [0.25, 0.3) is 5.91 Å². The zero-order chi connectivity index (χ0) is 11.0. The van der Waals surface area contributed by atoms with E-state index in [2.05, 4.69) is 6.58 Å². The van der Waals surface area contributed by atoms with Gasteiger partial charge in [0.05, 0.1) is 0 Å². The smallest absolute Gasteiger partial charge is 0.254 e. The lowest BCUT2D eigenvalue weighted by Crippen LogP contribution is -2.22. The number of hydrogen-bond donors (Lipinski definition) is 0. The van der Waals surface area contributed by atoms with Crippen molar-refractivity contribution >= 4 is 23.6 Å². The van der Waals surface area contributed by atoms with Gasteiger partial charge in [0.1, 0.15) is 0 Å². The molecule has 0 aromatic heterocycles. The third kappa shape index (κ3) is 1.55. The monoisotopic (exact) mass is 221 g/mol. The molecule has 1 amide bonds. The fraction of sp³-hybridized carbons (Fsp3) is 0.250. The summed E-state index contributed by atoms with van der Waals surface area (Å²) >= 11 is 5.94. The Morgan fingerprint density at radius 1 is 1.60 bits per heavy atom. The Balaban J connectivity index is 2.58. The molecule has 3 heteroatoms. The van der Waals surface area contributed by atoms with Gasteiger partial charge in [-0.15, -0.1) is 0 Å². The number of carbonyl (C=O) groups excluding carboxylic acids is 1. The minimum Gasteiger partial charge on any atom is -0.335 e. The maximum Gasteiger partial charge on any atom is 0.254 e. The predicted molar refractivity (Wildman–Crippen MR) is 62.0 cm³/mol. The zero-order valence-electron chi connectivity index (χ0n) is 8.59. The third-order valence-electron chi connectivity index (χ3n) is 2.72. The van der Waals surface area contributed by atoms with Crippen LogP contribution < -0.4 is 0 Å². The number of nitrogens with zero attached hydrogens (tertiary/aromatic N) is 1. The van der Waals surface area contributed by atoms with Gasteiger partial charge in [-0.3, -0.25) is 4.79 Å². The molecule has 0 aliphatic carbocycles. The quantitative estimate of drug-likeness (QED) is 0.752. The second-order valence-corrected chi connectivity index (χ2v) is 3.98. The van der Waals surface area contributed by atoms with Crippen LogP contribution in [0.3, 0.4) is 0 Å². The Morgan fingerprint density at radius 2 is 2.33 bits per heavy atom. The Kier molecular flexibility index (Phi) is 2.53. The van der Waals surface area contributed by atoms with Gasteiger partial charge < -0.3 is 4.90 Å². The summed E-state index contributed by atoms with van der Waals surface area (Å²) < 4.78 is 0. The highest BCUT2D eigenvalue weighted by atomic mass is 35.5. The van der Waals surface area contributed by atoms with Crippen LogP contribution in [0.4, 0.5) is 0 Å². The maximum absolute atomic E-state index is 11.9. The molecule has 0 saturated heterocycles. The van der Waals surface area contributed by atoms with Crippen molar-refractivity contribution in [3.05, 3.63) is 40.4 Å². The van der Waals surface area contributed by atoms with Crippen LogP contribution in [-0.2, 0) is 6.54 Å². The molecule has 0 fully saturated rings. The van der Waals surface area contributed by atoms with Crippen molar-refractivity contribution in [3.63, 3.8) is 0 Å². The molecule has 0 bridgehead atoms. The van der Waals surface area contributed by atoms with Gasteiger partial charge in [-0.1, -0.05) is 24.3 Å². The molecule has 15 heavy (non-hydrogen) atoms. The van der Waals surface area contributed by atoms with E-state index in [1.165, 1.54) is 0 Å². The van der Waals surface area contributed by atoms with Gasteiger partial charge in [-0.05, 0) is 30.2 Å². The number of amides is 1. The molecular weight excluding hydrogens is 210 g/mol. The fourth-order valence-electron chi connectivity index (χ4n) is 1.90. The summed E-state index contributed by atoms with van der Waals surface area (Å²) in [6.45, 7) is 7.10. The van der Waals surface area contributed by atoms with Crippen molar-refractivity contribution in [1.82, 2.24) is 4.90 Å². The van der Waals surface area contributed by atoms with Gasteiger partial charge in [0, 0.05) is 23.7 Å². The molecule has 0 saturated carbocycles. The number of carbonyl (C=O) groups is 1. The number of halogens is 1. The van der Waals surface area contributed by atoms with E-state index in [1.54, 1.807) is 17.0 Å². The Morgan fingerprint density at radius 3 is 2.93 bits per heavy atom. The van der Waals surface area contributed by atoms with Crippen molar-refractivity contribution < 1.29 is 4.79 Å². The maximum atomic E-state index is 11.9. The van der Waals surface area contributed by atoms with E-state index < -0.39 is 0 Å². The number of fused-ring (bicyclic) bond motifs is 1. The second-order valence-electron chi connectivity index (χ2n) is 3.54. The lowest BCUT2D eigenvalue weighted by molar-refractivity contribution is 0.0787. The molecule has 0 spiro atoms. The summed E-state index contributed by atoms with van der Waals surface area (Å²) in [4.78, 5) is 13.7. The minimum absolute atomic E-state index is 0.0677. The number of rotatable bonds is 2. The summed E-state index contributed by atoms with van der Waals surface area (Å²) in [6.07, 6.45) is 1.75. The largest absolute Gasteiger partial charge is 0.335 e. The van der Waals surface area contributed by atoms with Gasteiger partial charge in [0.2, 0.25) is 0 Å².